The number of pyridine rings is 1. The molecule has 2 aliphatic heterocycles. The fraction of sp³-hybridized carbons (Fsp3) is 0.556. The van der Waals surface area contributed by atoms with Gasteiger partial charge in [0.05, 0.1) is 18.2 Å². The Morgan fingerprint density at radius 1 is 1.24 bits per heavy atom. The number of Topliss-reactive ketones (excluding diaryl/α,β-unsaturated/α-hetero) is 1. The Labute approximate surface area is 216 Å². The van der Waals surface area contributed by atoms with Crippen LogP contribution in [-0.4, -0.2) is 70.9 Å². The summed E-state index contributed by atoms with van der Waals surface area (Å²) in [5.74, 6) is 2.28. The molecule has 0 aromatic carbocycles. The first kappa shape index (κ1) is 25.5. The summed E-state index contributed by atoms with van der Waals surface area (Å²) in [5, 5.41) is 7.50. The molecule has 2 aliphatic rings. The fourth-order valence-electron chi connectivity index (χ4n) is 5.35. The van der Waals surface area contributed by atoms with Crippen molar-refractivity contribution in [3.05, 3.63) is 36.3 Å². The van der Waals surface area contributed by atoms with E-state index in [0.29, 0.717) is 42.9 Å². The van der Waals surface area contributed by atoms with Crippen LogP contribution in [0, 0.1) is 5.92 Å². The number of fused-ring (bicyclic) bond motifs is 1. The molecule has 3 aromatic rings. The molecule has 0 aliphatic carbocycles. The smallest absolute Gasteiger partial charge is 0.227 e. The van der Waals surface area contributed by atoms with Gasteiger partial charge in [-0.3, -0.25) is 4.79 Å². The molecule has 37 heavy (non-hydrogen) atoms. The van der Waals surface area contributed by atoms with Crippen molar-refractivity contribution in [1.82, 2.24) is 24.8 Å². The number of halogens is 1. The predicted molar refractivity (Wildman–Crippen MR) is 142 cm³/mol. The Balaban J connectivity index is 1.36. The number of carbonyl (C=O) groups is 1. The van der Waals surface area contributed by atoms with E-state index in [1.54, 1.807) is 25.6 Å². The van der Waals surface area contributed by atoms with E-state index in [9.17, 15) is 9.18 Å². The monoisotopic (exact) mass is 509 g/mol. The number of aromatic nitrogens is 4. The molecule has 9 nitrogen and oxygen atoms in total. The molecule has 198 valence electrons. The van der Waals surface area contributed by atoms with Crippen molar-refractivity contribution in [2.45, 2.75) is 57.8 Å². The summed E-state index contributed by atoms with van der Waals surface area (Å²) in [6.07, 6.45) is 7.18. The lowest BCUT2D eigenvalue weighted by Gasteiger charge is -2.33. The highest BCUT2D eigenvalue weighted by Gasteiger charge is 2.30. The highest BCUT2D eigenvalue weighted by Crippen LogP contribution is 2.30. The maximum Gasteiger partial charge on any atom is 0.227 e. The van der Waals surface area contributed by atoms with Crippen LogP contribution in [0.4, 0.5) is 22.0 Å². The summed E-state index contributed by atoms with van der Waals surface area (Å²) < 4.78 is 21.7. The van der Waals surface area contributed by atoms with Crippen LogP contribution in [0.1, 0.15) is 55.9 Å². The third-order valence-corrected chi connectivity index (χ3v) is 7.47. The molecule has 3 aromatic heterocycles. The molecule has 0 unspecified atom stereocenters. The molecule has 5 rings (SSSR count). The fourth-order valence-corrected chi connectivity index (χ4v) is 5.35. The molecule has 0 bridgehead atoms. The molecule has 5 heterocycles. The van der Waals surface area contributed by atoms with Gasteiger partial charge in [0.1, 0.15) is 17.8 Å². The number of alkyl halides is 1. The minimum absolute atomic E-state index is 0.183. The van der Waals surface area contributed by atoms with Gasteiger partial charge >= 0.3 is 0 Å². The minimum Gasteiger partial charge on any atom is -0.378 e. The molecule has 10 heteroatoms. The molecule has 2 N–H and O–H groups in total. The van der Waals surface area contributed by atoms with Crippen LogP contribution >= 0.6 is 0 Å². The number of methoxy groups -OCH3 is 1. The zero-order valence-corrected chi connectivity index (χ0v) is 21.8. The van der Waals surface area contributed by atoms with Gasteiger partial charge in [0.2, 0.25) is 5.95 Å². The lowest BCUT2D eigenvalue weighted by Crippen LogP contribution is -2.46. The van der Waals surface area contributed by atoms with Gasteiger partial charge < -0.3 is 24.8 Å². The molecule has 0 spiro atoms. The molecular weight excluding hydrogens is 473 g/mol. The Hall–Kier alpha value is -3.11. The Kier molecular flexibility index (Phi) is 7.66. The van der Waals surface area contributed by atoms with Crippen LogP contribution in [0.5, 0.6) is 0 Å². The quantitative estimate of drug-likeness (QED) is 0.434. The number of nitrogens with zero attached hydrogens (tertiary/aromatic N) is 5. The second-order valence-corrected chi connectivity index (χ2v) is 10.3. The van der Waals surface area contributed by atoms with Crippen molar-refractivity contribution in [3.63, 3.8) is 0 Å². The summed E-state index contributed by atoms with van der Waals surface area (Å²) in [6, 6.07) is 3.91. The summed E-state index contributed by atoms with van der Waals surface area (Å²) in [4.78, 5) is 28.7. The zero-order chi connectivity index (χ0) is 25.9. The average Bonchev–Trinajstić information content (AvgIpc) is 3.29. The number of carbonyl (C=O) groups excluding carboxylic acids is 1. The van der Waals surface area contributed by atoms with Crippen LogP contribution in [0.2, 0.25) is 0 Å². The third kappa shape index (κ3) is 5.60. The summed E-state index contributed by atoms with van der Waals surface area (Å²) in [6.45, 7) is 7.00. The van der Waals surface area contributed by atoms with E-state index < -0.39 is 6.17 Å². The Morgan fingerprint density at radius 2 is 2.05 bits per heavy atom. The molecular formula is C27H36FN7O2. The van der Waals surface area contributed by atoms with Gasteiger partial charge in [0.25, 0.3) is 0 Å². The topological polar surface area (TPSA) is 97.2 Å². The zero-order valence-electron chi connectivity index (χ0n) is 21.8. The molecule has 2 atom stereocenters. The Bertz CT molecular complexity index is 1240. The van der Waals surface area contributed by atoms with Crippen molar-refractivity contribution < 1.29 is 13.9 Å². The lowest BCUT2D eigenvalue weighted by molar-refractivity contribution is 0.0194. The third-order valence-electron chi connectivity index (χ3n) is 7.47. The molecule has 0 amide bonds. The first-order chi connectivity index (χ1) is 17.9. The van der Waals surface area contributed by atoms with Crippen molar-refractivity contribution in [2.24, 2.45) is 5.92 Å². The van der Waals surface area contributed by atoms with E-state index in [1.807, 2.05) is 17.2 Å². The van der Waals surface area contributed by atoms with Crippen molar-refractivity contribution >= 4 is 34.3 Å². The number of nitrogens with one attached hydrogen (secondary N) is 2. The second-order valence-electron chi connectivity index (χ2n) is 10.3. The number of hydrogen-bond acceptors (Lipinski definition) is 8. The lowest BCUT2D eigenvalue weighted by atomic mass is 9.91. The van der Waals surface area contributed by atoms with Crippen molar-refractivity contribution in [1.29, 1.82) is 0 Å². The van der Waals surface area contributed by atoms with E-state index in [1.165, 1.54) is 0 Å². The summed E-state index contributed by atoms with van der Waals surface area (Å²) >= 11 is 0. The standard InChI is InChI=1S/C27H36FN7O2/c1-17(2)35-15-20(23(36)12-18-4-8-29-9-5-18)19-14-31-26(13-22(19)35)32-25-6-10-30-27(33-25)34-11-7-24(37-3)21(28)16-34/h6,10,13-15,17-18,21,24,29H,4-5,7-9,11-12,16H2,1-3H3,(H,30,31,32,33)/t21-,24+/m1/s1. The van der Waals surface area contributed by atoms with Crippen LogP contribution in [0.15, 0.2) is 30.7 Å². The number of anilines is 3. The van der Waals surface area contributed by atoms with E-state index in [2.05, 4.69) is 44.0 Å². The van der Waals surface area contributed by atoms with Gasteiger partial charge in [0.15, 0.2) is 5.78 Å². The van der Waals surface area contributed by atoms with Crippen molar-refractivity contribution in [2.75, 3.05) is 43.5 Å². The molecule has 2 saturated heterocycles. The molecule has 2 fully saturated rings. The first-order valence-corrected chi connectivity index (χ1v) is 13.2. The van der Waals surface area contributed by atoms with Crippen molar-refractivity contribution in [3.8, 4) is 0 Å². The maximum absolute atomic E-state index is 14.4. The van der Waals surface area contributed by atoms with Gasteiger partial charge in [-0.2, -0.15) is 4.98 Å². The summed E-state index contributed by atoms with van der Waals surface area (Å²) in [7, 11) is 1.54. The number of rotatable bonds is 8. The van der Waals surface area contributed by atoms with Crippen LogP contribution < -0.4 is 15.5 Å². The van der Waals surface area contributed by atoms with Crippen LogP contribution in [0.25, 0.3) is 10.9 Å². The van der Waals surface area contributed by atoms with E-state index in [4.69, 9.17) is 4.74 Å². The maximum atomic E-state index is 14.4. The SMILES string of the molecule is CO[C@H]1CCN(c2nccc(Nc3cc4c(cn3)c(C(=O)CC3CCNCC3)cn4C(C)C)n2)C[C@H]1F. The number of piperidine rings is 2. The van der Waals surface area contributed by atoms with E-state index in [-0.39, 0.29) is 24.5 Å². The van der Waals surface area contributed by atoms with Crippen LogP contribution in [0.3, 0.4) is 0 Å². The largest absolute Gasteiger partial charge is 0.378 e. The normalized spacial score (nSPS) is 21.1. The van der Waals surface area contributed by atoms with E-state index in [0.717, 1.165) is 42.4 Å². The number of ether oxygens (including phenoxy) is 1. The second kappa shape index (κ2) is 11.1. The summed E-state index contributed by atoms with van der Waals surface area (Å²) in [5.41, 5.74) is 1.70. The average molecular weight is 510 g/mol. The van der Waals surface area contributed by atoms with Gasteiger partial charge in [-0.1, -0.05) is 0 Å². The van der Waals surface area contributed by atoms with Gasteiger partial charge in [0, 0.05) is 61.7 Å². The molecule has 0 radical (unpaired) electrons. The highest BCUT2D eigenvalue weighted by molar-refractivity contribution is 6.08. The Morgan fingerprint density at radius 3 is 2.78 bits per heavy atom. The van der Waals surface area contributed by atoms with Gasteiger partial charge in [-0.05, 0) is 58.2 Å². The molecule has 0 saturated carbocycles. The predicted octanol–water partition coefficient (Wildman–Crippen LogP) is 4.29. The minimum atomic E-state index is -1.08. The number of hydrogen-bond donors (Lipinski definition) is 2. The highest BCUT2D eigenvalue weighted by atomic mass is 19.1. The van der Waals surface area contributed by atoms with Crippen LogP contribution in [-0.2, 0) is 4.74 Å². The van der Waals surface area contributed by atoms with Gasteiger partial charge in [-0.25, -0.2) is 14.4 Å². The first-order valence-electron chi connectivity index (χ1n) is 13.2. The number of ketones is 1. The van der Waals surface area contributed by atoms with E-state index >= 15 is 0 Å². The van der Waals surface area contributed by atoms with Gasteiger partial charge in [-0.15, -0.1) is 0 Å².